The van der Waals surface area contributed by atoms with Gasteiger partial charge in [0, 0.05) is 12.0 Å². The first-order valence-electron chi connectivity index (χ1n) is 6.31. The summed E-state index contributed by atoms with van der Waals surface area (Å²) in [5.74, 6) is -0.737. The average molecular weight is 294 g/mol. The van der Waals surface area contributed by atoms with E-state index in [0.29, 0.717) is 0 Å². The van der Waals surface area contributed by atoms with Crippen molar-refractivity contribution >= 4 is 5.78 Å². The number of carbonyl (C=O) groups is 1. The Kier molecular flexibility index (Phi) is 4.43. The topological polar surface area (TPSA) is 37.3 Å². The summed E-state index contributed by atoms with van der Waals surface area (Å²) in [5.41, 5.74) is 1.97. The number of ketones is 1. The van der Waals surface area contributed by atoms with Crippen molar-refractivity contribution in [2.24, 2.45) is 0 Å². The quantitative estimate of drug-likeness (QED) is 0.870. The molecule has 0 saturated carbocycles. The van der Waals surface area contributed by atoms with Crippen LogP contribution in [0.1, 0.15) is 16.8 Å². The minimum Gasteiger partial charge on any atom is -0.383 e. The summed E-state index contributed by atoms with van der Waals surface area (Å²) in [4.78, 5) is 11.7. The number of aliphatic hydroxyl groups excluding tert-OH is 1. The highest BCUT2D eigenvalue weighted by Gasteiger charge is 2.39. The Balaban J connectivity index is 2.11. The highest BCUT2D eigenvalue weighted by Crippen LogP contribution is 2.24. The number of halogens is 3. The second-order valence-electron chi connectivity index (χ2n) is 4.63. The summed E-state index contributed by atoms with van der Waals surface area (Å²) < 4.78 is 36.6. The summed E-state index contributed by atoms with van der Waals surface area (Å²) in [6.07, 6.45) is -8.37. The maximum atomic E-state index is 12.2. The lowest BCUT2D eigenvalue weighted by Gasteiger charge is -2.13. The van der Waals surface area contributed by atoms with Gasteiger partial charge in [-0.05, 0) is 11.1 Å². The first-order chi connectivity index (χ1) is 9.88. The van der Waals surface area contributed by atoms with Gasteiger partial charge in [0.25, 0.3) is 0 Å². The molecule has 0 spiro atoms. The van der Waals surface area contributed by atoms with Crippen LogP contribution in [0.2, 0.25) is 0 Å². The molecule has 0 aliphatic rings. The molecule has 21 heavy (non-hydrogen) atoms. The number of carbonyl (C=O) groups excluding carboxylic acids is 1. The molecule has 0 heterocycles. The number of alkyl halides is 3. The molecular formula is C16H13F3O2. The third-order valence-corrected chi connectivity index (χ3v) is 3.07. The van der Waals surface area contributed by atoms with Crippen LogP contribution < -0.4 is 0 Å². The zero-order chi connectivity index (χ0) is 15.5. The maximum absolute atomic E-state index is 12.2. The minimum absolute atomic E-state index is 0.151. The van der Waals surface area contributed by atoms with Crippen LogP contribution >= 0.6 is 0 Å². The summed E-state index contributed by atoms with van der Waals surface area (Å²) in [5, 5.41) is 8.90. The van der Waals surface area contributed by atoms with Gasteiger partial charge in [0.05, 0.1) is 0 Å². The van der Waals surface area contributed by atoms with E-state index >= 15 is 0 Å². The van der Waals surface area contributed by atoms with Crippen LogP contribution in [0.25, 0.3) is 11.1 Å². The van der Waals surface area contributed by atoms with Gasteiger partial charge in [0.15, 0.2) is 11.9 Å². The maximum Gasteiger partial charge on any atom is 0.414 e. The molecular weight excluding hydrogens is 281 g/mol. The molecule has 5 heteroatoms. The van der Waals surface area contributed by atoms with Gasteiger partial charge in [-0.1, -0.05) is 54.6 Å². The van der Waals surface area contributed by atoms with Crippen LogP contribution in [0.4, 0.5) is 13.2 Å². The van der Waals surface area contributed by atoms with E-state index in [-0.39, 0.29) is 5.56 Å². The van der Waals surface area contributed by atoms with Crippen LogP contribution in [0.5, 0.6) is 0 Å². The predicted molar refractivity (Wildman–Crippen MR) is 72.9 cm³/mol. The van der Waals surface area contributed by atoms with Gasteiger partial charge < -0.3 is 5.11 Å². The molecule has 2 nitrogen and oxygen atoms in total. The van der Waals surface area contributed by atoms with Crippen molar-refractivity contribution in [2.45, 2.75) is 18.7 Å². The van der Waals surface area contributed by atoms with Crippen molar-refractivity contribution in [3.8, 4) is 11.1 Å². The van der Waals surface area contributed by atoms with Gasteiger partial charge in [-0.15, -0.1) is 0 Å². The number of benzene rings is 2. The number of hydrogen-bond acceptors (Lipinski definition) is 2. The Bertz CT molecular complexity index is 604. The van der Waals surface area contributed by atoms with Crippen molar-refractivity contribution in [2.75, 3.05) is 0 Å². The SMILES string of the molecule is O=C(C[C@@H](O)C(F)(F)F)c1ccc(-c2ccccc2)cc1. The number of rotatable bonds is 4. The molecule has 0 aliphatic carbocycles. The zero-order valence-corrected chi connectivity index (χ0v) is 11.0. The van der Waals surface area contributed by atoms with Crippen molar-refractivity contribution in [1.29, 1.82) is 0 Å². The Hall–Kier alpha value is -2.14. The number of Topliss-reactive ketones (excluding diaryl/α,β-unsaturated/α-hetero) is 1. The van der Waals surface area contributed by atoms with Crippen LogP contribution in [0, 0.1) is 0 Å². The fourth-order valence-electron chi connectivity index (χ4n) is 1.89. The van der Waals surface area contributed by atoms with Gasteiger partial charge in [-0.2, -0.15) is 13.2 Å². The lowest BCUT2D eigenvalue weighted by molar-refractivity contribution is -0.202. The van der Waals surface area contributed by atoms with Crippen LogP contribution in [0.3, 0.4) is 0 Å². The molecule has 2 aromatic rings. The summed E-state index contributed by atoms with van der Waals surface area (Å²) >= 11 is 0. The molecule has 1 atom stereocenters. The summed E-state index contributed by atoms with van der Waals surface area (Å²) in [6, 6.07) is 15.7. The molecule has 0 unspecified atom stereocenters. The second kappa shape index (κ2) is 6.10. The van der Waals surface area contributed by atoms with Crippen LogP contribution in [-0.2, 0) is 0 Å². The normalized spacial score (nSPS) is 13.0. The van der Waals surface area contributed by atoms with E-state index in [1.54, 1.807) is 12.1 Å². The molecule has 0 amide bonds. The molecule has 0 radical (unpaired) electrons. The van der Waals surface area contributed by atoms with Crippen molar-refractivity contribution < 1.29 is 23.1 Å². The molecule has 110 valence electrons. The van der Waals surface area contributed by atoms with Gasteiger partial charge in [0.1, 0.15) is 0 Å². The lowest BCUT2D eigenvalue weighted by atomic mass is 10.0. The minimum atomic E-state index is -4.78. The molecule has 0 aromatic heterocycles. The molecule has 2 rings (SSSR count). The van der Waals surface area contributed by atoms with E-state index in [1.807, 2.05) is 30.3 Å². The van der Waals surface area contributed by atoms with E-state index in [9.17, 15) is 18.0 Å². The fraction of sp³-hybridized carbons (Fsp3) is 0.188. The number of aliphatic hydroxyl groups is 1. The molecule has 0 aliphatic heterocycles. The smallest absolute Gasteiger partial charge is 0.383 e. The van der Waals surface area contributed by atoms with Gasteiger partial charge in [-0.25, -0.2) is 0 Å². The molecule has 1 N–H and O–H groups in total. The van der Waals surface area contributed by atoms with Crippen LogP contribution in [-0.4, -0.2) is 23.2 Å². The first-order valence-corrected chi connectivity index (χ1v) is 6.31. The molecule has 0 fully saturated rings. The second-order valence-corrected chi connectivity index (χ2v) is 4.63. The van der Waals surface area contributed by atoms with E-state index in [1.165, 1.54) is 12.1 Å². The summed E-state index contributed by atoms with van der Waals surface area (Å²) in [7, 11) is 0. The van der Waals surface area contributed by atoms with Crippen molar-refractivity contribution in [3.63, 3.8) is 0 Å². The Morgan fingerprint density at radius 1 is 0.952 bits per heavy atom. The fourth-order valence-corrected chi connectivity index (χ4v) is 1.89. The third kappa shape index (κ3) is 3.92. The zero-order valence-electron chi connectivity index (χ0n) is 11.0. The monoisotopic (exact) mass is 294 g/mol. The van der Waals surface area contributed by atoms with Gasteiger partial charge in [0.2, 0.25) is 0 Å². The predicted octanol–water partition coefficient (Wildman–Crippen LogP) is 3.85. The summed E-state index contributed by atoms with van der Waals surface area (Å²) in [6.45, 7) is 0. The first kappa shape index (κ1) is 15.3. The molecule has 0 bridgehead atoms. The molecule has 2 aromatic carbocycles. The van der Waals surface area contributed by atoms with Crippen LogP contribution in [0.15, 0.2) is 54.6 Å². The van der Waals surface area contributed by atoms with Gasteiger partial charge in [-0.3, -0.25) is 4.79 Å². The standard InChI is InChI=1S/C16H13F3O2/c17-16(18,19)15(21)10-14(20)13-8-6-12(7-9-13)11-4-2-1-3-5-11/h1-9,15,21H,10H2/t15-/m1/s1. The Morgan fingerprint density at radius 2 is 1.48 bits per heavy atom. The van der Waals surface area contributed by atoms with Crippen molar-refractivity contribution in [1.82, 2.24) is 0 Å². The highest BCUT2D eigenvalue weighted by molar-refractivity contribution is 5.96. The van der Waals surface area contributed by atoms with E-state index in [2.05, 4.69) is 0 Å². The third-order valence-electron chi connectivity index (χ3n) is 3.07. The average Bonchev–Trinajstić information content (AvgIpc) is 2.47. The van der Waals surface area contributed by atoms with E-state index in [0.717, 1.165) is 11.1 Å². The highest BCUT2D eigenvalue weighted by atomic mass is 19.4. The van der Waals surface area contributed by atoms with Crippen molar-refractivity contribution in [3.05, 3.63) is 60.2 Å². The van der Waals surface area contributed by atoms with E-state index in [4.69, 9.17) is 5.11 Å². The largest absolute Gasteiger partial charge is 0.414 e. The Labute approximate surface area is 119 Å². The number of hydrogen-bond donors (Lipinski definition) is 1. The van der Waals surface area contributed by atoms with Gasteiger partial charge >= 0.3 is 6.18 Å². The van der Waals surface area contributed by atoms with E-state index < -0.39 is 24.5 Å². The Morgan fingerprint density at radius 3 is 2.00 bits per heavy atom. The lowest BCUT2D eigenvalue weighted by Crippen LogP contribution is -2.30. The molecule has 0 saturated heterocycles.